The van der Waals surface area contributed by atoms with E-state index in [9.17, 15) is 0 Å². The molecule has 1 saturated heterocycles. The summed E-state index contributed by atoms with van der Waals surface area (Å²) < 4.78 is 3.98. The smallest absolute Gasteiger partial charge is 0.237 e. The van der Waals surface area contributed by atoms with Crippen molar-refractivity contribution in [3.05, 3.63) is 67.3 Å². The van der Waals surface area contributed by atoms with E-state index in [4.69, 9.17) is 9.97 Å². The first-order valence-corrected chi connectivity index (χ1v) is 11.2. The molecule has 162 valence electrons. The third kappa shape index (κ3) is 2.47. The van der Waals surface area contributed by atoms with Gasteiger partial charge in [0.2, 0.25) is 5.95 Å². The number of pyridine rings is 1. The molecule has 4 aromatic heterocycles. The largest absolute Gasteiger partial charge is 0.342 e. The van der Waals surface area contributed by atoms with Crippen molar-refractivity contribution in [3.8, 4) is 23.0 Å². The number of fused-ring (bicyclic) bond motifs is 7. The molecule has 2 aliphatic heterocycles. The SMILES string of the molecule is CCC12CCCN1c1nc(-n3ccnc3-c3cnc4ccccc4c3)ncc1-n1cnnc12. The summed E-state index contributed by atoms with van der Waals surface area (Å²) in [5.74, 6) is 3.25. The van der Waals surface area contributed by atoms with Crippen molar-refractivity contribution in [3.63, 3.8) is 0 Å². The third-order valence-corrected chi connectivity index (χ3v) is 7.00. The van der Waals surface area contributed by atoms with Crippen LogP contribution in [0.2, 0.25) is 0 Å². The van der Waals surface area contributed by atoms with E-state index in [-0.39, 0.29) is 5.54 Å². The number of hydrogen-bond acceptors (Lipinski definition) is 7. The summed E-state index contributed by atoms with van der Waals surface area (Å²) in [6.45, 7) is 3.15. The van der Waals surface area contributed by atoms with E-state index >= 15 is 0 Å². The first kappa shape index (κ1) is 18.4. The second-order valence-corrected chi connectivity index (χ2v) is 8.58. The van der Waals surface area contributed by atoms with Crippen molar-refractivity contribution >= 4 is 16.7 Å². The minimum Gasteiger partial charge on any atom is -0.342 e. The van der Waals surface area contributed by atoms with Crippen LogP contribution in [0.4, 0.5) is 5.82 Å². The summed E-state index contributed by atoms with van der Waals surface area (Å²) >= 11 is 0. The summed E-state index contributed by atoms with van der Waals surface area (Å²) in [5.41, 5.74) is 2.62. The molecular weight excluding hydrogens is 414 g/mol. The summed E-state index contributed by atoms with van der Waals surface area (Å²) in [6, 6.07) is 10.2. The highest BCUT2D eigenvalue weighted by Gasteiger charge is 2.49. The molecule has 7 rings (SSSR count). The maximum atomic E-state index is 5.06. The summed E-state index contributed by atoms with van der Waals surface area (Å²) in [5, 5.41) is 9.77. The predicted octanol–water partition coefficient (Wildman–Crippen LogP) is 3.68. The van der Waals surface area contributed by atoms with Crippen molar-refractivity contribution < 1.29 is 0 Å². The third-order valence-electron chi connectivity index (χ3n) is 7.00. The van der Waals surface area contributed by atoms with Crippen LogP contribution in [0.5, 0.6) is 0 Å². The van der Waals surface area contributed by atoms with Gasteiger partial charge in [-0.2, -0.15) is 4.98 Å². The normalized spacial score (nSPS) is 18.9. The molecule has 6 heterocycles. The van der Waals surface area contributed by atoms with Crippen LogP contribution in [0.1, 0.15) is 32.0 Å². The van der Waals surface area contributed by atoms with Crippen LogP contribution in [-0.2, 0) is 5.54 Å². The lowest BCUT2D eigenvalue weighted by Gasteiger charge is -2.42. The van der Waals surface area contributed by atoms with E-state index in [0.29, 0.717) is 5.95 Å². The number of anilines is 1. The molecule has 0 saturated carbocycles. The Balaban J connectivity index is 1.38. The molecule has 0 bridgehead atoms. The molecule has 2 aliphatic rings. The van der Waals surface area contributed by atoms with E-state index in [2.05, 4.69) is 44.1 Å². The van der Waals surface area contributed by atoms with Gasteiger partial charge < -0.3 is 4.90 Å². The molecule has 0 spiro atoms. The lowest BCUT2D eigenvalue weighted by molar-refractivity contribution is 0.382. The molecule has 1 fully saturated rings. The Morgan fingerprint density at radius 2 is 2.00 bits per heavy atom. The first-order valence-electron chi connectivity index (χ1n) is 11.2. The number of benzene rings is 1. The highest BCUT2D eigenvalue weighted by molar-refractivity contribution is 5.82. The highest BCUT2D eigenvalue weighted by Crippen LogP contribution is 2.48. The molecule has 0 radical (unpaired) electrons. The lowest BCUT2D eigenvalue weighted by atomic mass is 9.90. The number of nitrogens with zero attached hydrogens (tertiary/aromatic N) is 9. The molecular formula is C24H21N9. The van der Waals surface area contributed by atoms with Gasteiger partial charge in [0.05, 0.1) is 11.7 Å². The van der Waals surface area contributed by atoms with Gasteiger partial charge >= 0.3 is 0 Å². The molecule has 1 atom stereocenters. The van der Waals surface area contributed by atoms with Crippen LogP contribution >= 0.6 is 0 Å². The maximum absolute atomic E-state index is 5.06. The van der Waals surface area contributed by atoms with Gasteiger partial charge in [0.1, 0.15) is 23.4 Å². The summed E-state index contributed by atoms with van der Waals surface area (Å²) in [4.78, 5) is 21.4. The number of hydrogen-bond donors (Lipinski definition) is 0. The zero-order chi connectivity index (χ0) is 22.0. The Bertz CT molecular complexity index is 1520. The fourth-order valence-corrected chi connectivity index (χ4v) is 5.39. The van der Waals surface area contributed by atoms with Crippen molar-refractivity contribution in [2.24, 2.45) is 0 Å². The fourth-order valence-electron chi connectivity index (χ4n) is 5.39. The minimum atomic E-state index is -0.171. The van der Waals surface area contributed by atoms with Gasteiger partial charge in [0.15, 0.2) is 11.6 Å². The predicted molar refractivity (Wildman–Crippen MR) is 123 cm³/mol. The zero-order valence-electron chi connectivity index (χ0n) is 18.1. The molecule has 0 N–H and O–H groups in total. The minimum absolute atomic E-state index is 0.171. The van der Waals surface area contributed by atoms with E-state index in [1.807, 2.05) is 45.9 Å². The summed E-state index contributed by atoms with van der Waals surface area (Å²) in [6.07, 6.45) is 12.3. The molecule has 1 aromatic carbocycles. The van der Waals surface area contributed by atoms with Crippen molar-refractivity contribution in [1.29, 1.82) is 0 Å². The van der Waals surface area contributed by atoms with Gasteiger partial charge in [-0.05, 0) is 31.4 Å². The number of imidazole rings is 1. The number of rotatable bonds is 3. The van der Waals surface area contributed by atoms with E-state index in [1.54, 1.807) is 12.5 Å². The molecule has 0 amide bonds. The number of aromatic nitrogens is 8. The fraction of sp³-hybridized carbons (Fsp3) is 0.250. The zero-order valence-corrected chi connectivity index (χ0v) is 18.1. The van der Waals surface area contributed by atoms with Gasteiger partial charge in [-0.3, -0.25) is 14.1 Å². The van der Waals surface area contributed by atoms with E-state index in [0.717, 1.165) is 65.4 Å². The van der Waals surface area contributed by atoms with Gasteiger partial charge in [0, 0.05) is 36.1 Å². The standard InChI is InChI=1S/C24H21N9/c1-2-24-8-5-10-33(24)21-19(32-15-28-30-22(24)32)14-27-23(29-21)31-11-9-25-20(31)17-12-16-6-3-4-7-18(16)26-13-17/h3-4,6-7,9,11-15H,2,5,8,10H2,1H3. The Morgan fingerprint density at radius 3 is 2.94 bits per heavy atom. The molecule has 5 aromatic rings. The second-order valence-electron chi connectivity index (χ2n) is 8.58. The lowest BCUT2D eigenvalue weighted by Crippen LogP contribution is -2.46. The molecule has 1 unspecified atom stereocenters. The highest BCUT2D eigenvalue weighted by atomic mass is 15.4. The molecule has 33 heavy (non-hydrogen) atoms. The van der Waals surface area contributed by atoms with Gasteiger partial charge in [0.25, 0.3) is 0 Å². The monoisotopic (exact) mass is 435 g/mol. The van der Waals surface area contributed by atoms with Crippen LogP contribution in [0.3, 0.4) is 0 Å². The molecule has 9 nitrogen and oxygen atoms in total. The number of para-hydroxylation sites is 1. The first-order chi connectivity index (χ1) is 16.3. The van der Waals surface area contributed by atoms with Crippen LogP contribution in [0, 0.1) is 0 Å². The van der Waals surface area contributed by atoms with E-state index < -0.39 is 0 Å². The maximum Gasteiger partial charge on any atom is 0.237 e. The average Bonchev–Trinajstić information content (AvgIpc) is 3.63. The van der Waals surface area contributed by atoms with Gasteiger partial charge in [-0.15, -0.1) is 10.2 Å². The molecule has 0 aliphatic carbocycles. The Labute approximate surface area is 189 Å². The topological polar surface area (TPSA) is 90.4 Å². The van der Waals surface area contributed by atoms with Crippen LogP contribution in [0.25, 0.3) is 33.9 Å². The van der Waals surface area contributed by atoms with Crippen LogP contribution < -0.4 is 4.90 Å². The summed E-state index contributed by atoms with van der Waals surface area (Å²) in [7, 11) is 0. The van der Waals surface area contributed by atoms with Crippen LogP contribution in [0.15, 0.2) is 61.4 Å². The van der Waals surface area contributed by atoms with Gasteiger partial charge in [-0.1, -0.05) is 25.1 Å². The van der Waals surface area contributed by atoms with Crippen molar-refractivity contribution in [2.45, 2.75) is 31.7 Å². The Hall–Kier alpha value is -4.14. The quantitative estimate of drug-likeness (QED) is 0.427. The van der Waals surface area contributed by atoms with E-state index in [1.165, 1.54) is 0 Å². The Kier molecular flexibility index (Phi) is 3.73. The average molecular weight is 435 g/mol. The van der Waals surface area contributed by atoms with Crippen molar-refractivity contribution in [2.75, 3.05) is 11.4 Å². The van der Waals surface area contributed by atoms with Crippen LogP contribution in [-0.4, -0.2) is 45.8 Å². The second kappa shape index (κ2) is 6.68. The Morgan fingerprint density at radius 1 is 1.06 bits per heavy atom. The van der Waals surface area contributed by atoms with Crippen molar-refractivity contribution in [1.82, 2.24) is 39.3 Å². The van der Waals surface area contributed by atoms with Gasteiger partial charge in [-0.25, -0.2) is 9.97 Å². The molecule has 9 heteroatoms.